The zero-order valence-corrected chi connectivity index (χ0v) is 19.9. The molecule has 0 bridgehead atoms. The van der Waals surface area contributed by atoms with Crippen LogP contribution in [-0.2, 0) is 16.0 Å². The summed E-state index contributed by atoms with van der Waals surface area (Å²) in [5, 5.41) is 3.08. The molecule has 1 N–H and O–H groups in total. The Balaban J connectivity index is 1.24. The molecular formula is C29H31N3O3. The van der Waals surface area contributed by atoms with Gasteiger partial charge in [0.1, 0.15) is 5.75 Å². The largest absolute Gasteiger partial charge is 0.491 e. The average molecular weight is 470 g/mol. The van der Waals surface area contributed by atoms with Crippen LogP contribution in [0.1, 0.15) is 31.2 Å². The molecule has 3 aromatic rings. The van der Waals surface area contributed by atoms with Crippen LogP contribution in [0.5, 0.6) is 5.75 Å². The second kappa shape index (κ2) is 10.7. The van der Waals surface area contributed by atoms with Crippen molar-refractivity contribution in [3.63, 3.8) is 0 Å². The van der Waals surface area contributed by atoms with Crippen LogP contribution >= 0.6 is 0 Å². The molecule has 0 radical (unpaired) electrons. The third-order valence-corrected chi connectivity index (χ3v) is 7.16. The summed E-state index contributed by atoms with van der Waals surface area (Å²) >= 11 is 0. The summed E-state index contributed by atoms with van der Waals surface area (Å²) in [5.74, 6) is 1.38. The van der Waals surface area contributed by atoms with Crippen molar-refractivity contribution in [2.45, 2.75) is 32.1 Å². The van der Waals surface area contributed by atoms with Gasteiger partial charge >= 0.3 is 0 Å². The number of ether oxygens (including phenoxy) is 1. The number of amides is 2. The Kier molecular flexibility index (Phi) is 7.07. The van der Waals surface area contributed by atoms with Gasteiger partial charge in [0.25, 0.3) is 0 Å². The summed E-state index contributed by atoms with van der Waals surface area (Å²) < 4.78 is 6.12. The Labute approximate surface area is 206 Å². The molecule has 2 aromatic carbocycles. The molecule has 3 heterocycles. The Hall–Kier alpha value is -3.67. The predicted octanol–water partition coefficient (Wildman–Crippen LogP) is 4.96. The van der Waals surface area contributed by atoms with Gasteiger partial charge in [-0.3, -0.25) is 14.6 Å². The minimum atomic E-state index is -0.000981. The quantitative estimate of drug-likeness (QED) is 0.586. The smallest absolute Gasteiger partial charge is 0.224 e. The zero-order chi connectivity index (χ0) is 24.0. The number of aryl methyl sites for hydroxylation is 1. The first-order valence-electron chi connectivity index (χ1n) is 12.4. The molecule has 180 valence electrons. The Morgan fingerprint density at radius 1 is 1.03 bits per heavy atom. The van der Waals surface area contributed by atoms with Crippen LogP contribution in [-0.4, -0.2) is 41.4 Å². The highest BCUT2D eigenvalue weighted by Gasteiger charge is 2.33. The summed E-state index contributed by atoms with van der Waals surface area (Å²) in [6.45, 7) is 1.97. The van der Waals surface area contributed by atoms with Gasteiger partial charge in [0.15, 0.2) is 0 Å². The van der Waals surface area contributed by atoms with Gasteiger partial charge in [0.2, 0.25) is 11.8 Å². The zero-order valence-electron chi connectivity index (χ0n) is 19.9. The molecule has 2 aliphatic heterocycles. The van der Waals surface area contributed by atoms with E-state index in [1.807, 2.05) is 59.6 Å². The van der Waals surface area contributed by atoms with Crippen LogP contribution in [0.3, 0.4) is 0 Å². The maximum atomic E-state index is 13.0. The van der Waals surface area contributed by atoms with Gasteiger partial charge in [0, 0.05) is 43.9 Å². The van der Waals surface area contributed by atoms with Gasteiger partial charge in [-0.05, 0) is 60.4 Å². The summed E-state index contributed by atoms with van der Waals surface area (Å²) in [6.07, 6.45) is 6.96. The van der Waals surface area contributed by atoms with Crippen LogP contribution in [0, 0.1) is 11.8 Å². The van der Waals surface area contributed by atoms with E-state index in [9.17, 15) is 9.59 Å². The number of fused-ring (bicyclic) bond motifs is 2. The molecule has 1 aromatic heterocycles. The van der Waals surface area contributed by atoms with Crippen molar-refractivity contribution in [2.24, 2.45) is 11.8 Å². The lowest BCUT2D eigenvalue weighted by molar-refractivity contribution is -0.134. The number of nitrogens with zero attached hydrogens (tertiary/aromatic N) is 2. The molecular weight excluding hydrogens is 438 g/mol. The number of anilines is 1. The maximum absolute atomic E-state index is 13.0. The van der Waals surface area contributed by atoms with Crippen LogP contribution in [0.15, 0.2) is 73.1 Å². The van der Waals surface area contributed by atoms with Gasteiger partial charge in [-0.1, -0.05) is 42.5 Å². The number of benzene rings is 2. The summed E-state index contributed by atoms with van der Waals surface area (Å²) in [6, 6.07) is 19.9. The van der Waals surface area contributed by atoms with E-state index in [4.69, 9.17) is 4.74 Å². The van der Waals surface area contributed by atoms with Gasteiger partial charge in [-0.2, -0.15) is 0 Å². The van der Waals surface area contributed by atoms with Crippen molar-refractivity contribution >= 4 is 17.5 Å². The first-order chi connectivity index (χ1) is 17.2. The van der Waals surface area contributed by atoms with E-state index in [-0.39, 0.29) is 23.7 Å². The predicted molar refractivity (Wildman–Crippen MR) is 136 cm³/mol. The topological polar surface area (TPSA) is 71.5 Å². The molecule has 1 saturated heterocycles. The normalized spacial score (nSPS) is 20.1. The summed E-state index contributed by atoms with van der Waals surface area (Å²) in [7, 11) is 0. The number of piperidine rings is 1. The fourth-order valence-corrected chi connectivity index (χ4v) is 5.18. The number of hydrogen-bond donors (Lipinski definition) is 1. The maximum Gasteiger partial charge on any atom is 0.224 e. The number of aromatic nitrogens is 1. The SMILES string of the molecule is O=C1C[C@@H]2CCN(C(=O)CCc3ccccc3)C[C@@H]2CCOc2ccc(-c3cccnc3)cc2N1. The van der Waals surface area contributed by atoms with Gasteiger partial charge in [0.05, 0.1) is 12.3 Å². The molecule has 0 unspecified atom stereocenters. The molecule has 6 heteroatoms. The second-order valence-corrected chi connectivity index (χ2v) is 9.48. The Morgan fingerprint density at radius 2 is 1.91 bits per heavy atom. The number of carbonyl (C=O) groups is 2. The molecule has 0 spiro atoms. The molecule has 2 aliphatic rings. The minimum Gasteiger partial charge on any atom is -0.491 e. The monoisotopic (exact) mass is 469 g/mol. The minimum absolute atomic E-state index is 0.000981. The standard InChI is InChI=1S/C29H31N3O3/c33-28-18-23-12-15-32(29(34)11-8-21-5-2-1-3-6-21)20-25(23)13-16-35-27-10-9-22(17-26(27)31-28)24-7-4-14-30-19-24/h1-7,9-10,14,17,19,23,25H,8,11-13,15-16,18,20H2,(H,31,33)/t23-,25-/m0/s1. The fourth-order valence-electron chi connectivity index (χ4n) is 5.18. The van der Waals surface area contributed by atoms with Crippen molar-refractivity contribution in [3.8, 4) is 16.9 Å². The molecule has 2 amide bonds. The van der Waals surface area contributed by atoms with E-state index in [2.05, 4.69) is 22.4 Å². The van der Waals surface area contributed by atoms with Crippen LogP contribution in [0.2, 0.25) is 0 Å². The van der Waals surface area contributed by atoms with E-state index in [0.717, 1.165) is 30.4 Å². The number of hydrogen-bond acceptors (Lipinski definition) is 4. The van der Waals surface area contributed by atoms with Gasteiger partial charge < -0.3 is 15.0 Å². The highest BCUT2D eigenvalue weighted by atomic mass is 16.5. The number of likely N-dealkylation sites (tertiary alicyclic amines) is 1. The van der Waals surface area contributed by atoms with E-state index >= 15 is 0 Å². The van der Waals surface area contributed by atoms with Crippen molar-refractivity contribution in [1.29, 1.82) is 0 Å². The van der Waals surface area contributed by atoms with Crippen molar-refractivity contribution in [1.82, 2.24) is 9.88 Å². The lowest BCUT2D eigenvalue weighted by Crippen LogP contribution is -2.45. The number of nitrogens with one attached hydrogen (secondary N) is 1. The summed E-state index contributed by atoms with van der Waals surface area (Å²) in [4.78, 5) is 32.1. The van der Waals surface area contributed by atoms with E-state index in [0.29, 0.717) is 44.0 Å². The first-order valence-corrected chi connectivity index (χ1v) is 12.4. The third kappa shape index (κ3) is 5.70. The second-order valence-electron chi connectivity index (χ2n) is 9.48. The molecule has 1 fully saturated rings. The molecule has 2 atom stereocenters. The lowest BCUT2D eigenvalue weighted by atomic mass is 9.80. The number of carbonyl (C=O) groups excluding carboxylic acids is 2. The molecule has 35 heavy (non-hydrogen) atoms. The number of rotatable bonds is 4. The van der Waals surface area contributed by atoms with Crippen LogP contribution in [0.4, 0.5) is 5.69 Å². The molecule has 6 nitrogen and oxygen atoms in total. The highest BCUT2D eigenvalue weighted by Crippen LogP contribution is 2.35. The highest BCUT2D eigenvalue weighted by molar-refractivity contribution is 5.93. The van der Waals surface area contributed by atoms with Crippen molar-refractivity contribution in [3.05, 3.63) is 78.6 Å². The van der Waals surface area contributed by atoms with Crippen LogP contribution in [0.25, 0.3) is 11.1 Å². The lowest BCUT2D eigenvalue weighted by Gasteiger charge is -2.39. The van der Waals surface area contributed by atoms with E-state index in [1.54, 1.807) is 6.20 Å². The Morgan fingerprint density at radius 3 is 2.74 bits per heavy atom. The van der Waals surface area contributed by atoms with Crippen molar-refractivity contribution < 1.29 is 14.3 Å². The van der Waals surface area contributed by atoms with Crippen LogP contribution < -0.4 is 10.1 Å². The third-order valence-electron chi connectivity index (χ3n) is 7.16. The molecule has 0 saturated carbocycles. The summed E-state index contributed by atoms with van der Waals surface area (Å²) in [5.41, 5.74) is 3.86. The van der Waals surface area contributed by atoms with Gasteiger partial charge in [-0.25, -0.2) is 0 Å². The van der Waals surface area contributed by atoms with E-state index < -0.39 is 0 Å². The fraction of sp³-hybridized carbons (Fsp3) is 0.345. The molecule has 5 rings (SSSR count). The molecule has 0 aliphatic carbocycles. The van der Waals surface area contributed by atoms with Crippen molar-refractivity contribution in [2.75, 3.05) is 25.0 Å². The number of pyridine rings is 1. The Bertz CT molecular complexity index is 1170. The van der Waals surface area contributed by atoms with Gasteiger partial charge in [-0.15, -0.1) is 0 Å². The van der Waals surface area contributed by atoms with E-state index in [1.165, 1.54) is 5.56 Å². The average Bonchev–Trinajstić information content (AvgIpc) is 2.90. The first kappa shape index (κ1) is 23.1.